The highest BCUT2D eigenvalue weighted by Crippen LogP contribution is 2.25. The number of nitrogen functional groups attached to an aromatic ring is 1. The van der Waals surface area contributed by atoms with Crippen LogP contribution in [0, 0.1) is 6.92 Å². The van der Waals surface area contributed by atoms with Crippen LogP contribution in [0.3, 0.4) is 0 Å². The second kappa shape index (κ2) is 2.79. The van der Waals surface area contributed by atoms with E-state index < -0.39 is 5.60 Å². The number of aliphatic hydroxyl groups is 1. The molecule has 3 N–H and O–H groups in total. The monoisotopic (exact) mass is 165 g/mol. The van der Waals surface area contributed by atoms with E-state index in [1.165, 1.54) is 0 Å². The van der Waals surface area contributed by atoms with Gasteiger partial charge in [0.2, 0.25) is 0 Å². The Morgan fingerprint density at radius 1 is 1.33 bits per heavy atom. The zero-order chi connectivity index (χ0) is 9.35. The van der Waals surface area contributed by atoms with Crippen molar-refractivity contribution >= 4 is 5.69 Å². The Morgan fingerprint density at radius 3 is 2.33 bits per heavy atom. The zero-order valence-electron chi connectivity index (χ0n) is 7.76. The lowest BCUT2D eigenvalue weighted by Gasteiger charge is -2.19. The molecule has 0 saturated carbocycles. The molecule has 0 heterocycles. The average molecular weight is 165 g/mol. The van der Waals surface area contributed by atoms with Gasteiger partial charge in [0.15, 0.2) is 0 Å². The highest BCUT2D eigenvalue weighted by Gasteiger charge is 2.18. The van der Waals surface area contributed by atoms with E-state index in [0.29, 0.717) is 5.69 Å². The van der Waals surface area contributed by atoms with Gasteiger partial charge < -0.3 is 10.8 Å². The van der Waals surface area contributed by atoms with Crippen molar-refractivity contribution in [3.8, 4) is 0 Å². The van der Waals surface area contributed by atoms with Crippen LogP contribution in [0.1, 0.15) is 25.0 Å². The summed E-state index contributed by atoms with van der Waals surface area (Å²) in [7, 11) is 0. The maximum Gasteiger partial charge on any atom is 0.0860 e. The van der Waals surface area contributed by atoms with E-state index in [0.717, 1.165) is 11.1 Å². The van der Waals surface area contributed by atoms with Crippen LogP contribution in [-0.2, 0) is 5.60 Å². The minimum absolute atomic E-state index is 0.655. The van der Waals surface area contributed by atoms with Crippen molar-refractivity contribution in [1.29, 1.82) is 0 Å². The summed E-state index contributed by atoms with van der Waals surface area (Å²) in [5, 5.41) is 9.68. The predicted molar refractivity (Wildman–Crippen MR) is 50.8 cm³/mol. The van der Waals surface area contributed by atoms with Gasteiger partial charge in [0, 0.05) is 11.3 Å². The van der Waals surface area contributed by atoms with E-state index in [1.807, 2.05) is 25.1 Å². The molecule has 0 atom stereocenters. The van der Waals surface area contributed by atoms with Crippen LogP contribution in [0.15, 0.2) is 18.2 Å². The first-order valence-corrected chi connectivity index (χ1v) is 4.00. The Labute approximate surface area is 73.0 Å². The quantitative estimate of drug-likeness (QED) is 0.623. The van der Waals surface area contributed by atoms with Gasteiger partial charge in [-0.05, 0) is 32.4 Å². The van der Waals surface area contributed by atoms with Gasteiger partial charge in [-0.2, -0.15) is 0 Å². The molecule has 2 nitrogen and oxygen atoms in total. The Hall–Kier alpha value is -1.02. The molecular formula is C10H15NO. The van der Waals surface area contributed by atoms with Gasteiger partial charge in [0.25, 0.3) is 0 Å². The topological polar surface area (TPSA) is 46.2 Å². The van der Waals surface area contributed by atoms with Crippen molar-refractivity contribution in [2.45, 2.75) is 26.4 Å². The van der Waals surface area contributed by atoms with Crippen LogP contribution < -0.4 is 5.73 Å². The molecule has 0 aromatic heterocycles. The minimum atomic E-state index is -0.849. The van der Waals surface area contributed by atoms with Crippen LogP contribution >= 0.6 is 0 Å². The minimum Gasteiger partial charge on any atom is -0.398 e. The van der Waals surface area contributed by atoms with E-state index in [-0.39, 0.29) is 0 Å². The highest BCUT2D eigenvalue weighted by molar-refractivity contribution is 5.51. The maximum atomic E-state index is 9.68. The van der Waals surface area contributed by atoms with E-state index in [2.05, 4.69) is 0 Å². The Morgan fingerprint density at radius 2 is 1.92 bits per heavy atom. The van der Waals surface area contributed by atoms with Gasteiger partial charge in [0.1, 0.15) is 0 Å². The number of nitrogens with two attached hydrogens (primary N) is 1. The Bertz CT molecular complexity index is 286. The second-order valence-corrected chi connectivity index (χ2v) is 3.65. The largest absolute Gasteiger partial charge is 0.398 e. The summed E-state index contributed by atoms with van der Waals surface area (Å²) in [5.74, 6) is 0. The van der Waals surface area contributed by atoms with E-state index in [9.17, 15) is 5.11 Å². The Balaban J connectivity index is 3.19. The second-order valence-electron chi connectivity index (χ2n) is 3.65. The lowest BCUT2D eigenvalue weighted by molar-refractivity contribution is 0.0794. The van der Waals surface area contributed by atoms with Crippen LogP contribution in [0.5, 0.6) is 0 Å². The average Bonchev–Trinajstić information content (AvgIpc) is 1.83. The highest BCUT2D eigenvalue weighted by atomic mass is 16.3. The summed E-state index contributed by atoms with van der Waals surface area (Å²) in [5.41, 5.74) is 7.45. The molecule has 0 radical (unpaired) electrons. The van der Waals surface area contributed by atoms with Crippen LogP contribution in [-0.4, -0.2) is 5.11 Å². The molecule has 2 heteroatoms. The summed E-state index contributed by atoms with van der Waals surface area (Å²) in [4.78, 5) is 0. The smallest absolute Gasteiger partial charge is 0.0860 e. The van der Waals surface area contributed by atoms with Gasteiger partial charge in [-0.25, -0.2) is 0 Å². The van der Waals surface area contributed by atoms with Gasteiger partial charge in [-0.15, -0.1) is 0 Å². The van der Waals surface area contributed by atoms with Crippen LogP contribution in [0.2, 0.25) is 0 Å². The molecule has 0 bridgehead atoms. The molecule has 0 spiro atoms. The van der Waals surface area contributed by atoms with Gasteiger partial charge >= 0.3 is 0 Å². The lowest BCUT2D eigenvalue weighted by Crippen LogP contribution is -2.17. The molecule has 1 aromatic carbocycles. The molecule has 66 valence electrons. The van der Waals surface area contributed by atoms with E-state index in [4.69, 9.17) is 5.73 Å². The lowest BCUT2D eigenvalue weighted by atomic mass is 9.95. The number of benzene rings is 1. The number of hydrogen-bond acceptors (Lipinski definition) is 2. The first kappa shape index (κ1) is 9.07. The summed E-state index contributed by atoms with van der Waals surface area (Å²) in [6.45, 7) is 5.44. The normalized spacial score (nSPS) is 11.7. The number of rotatable bonds is 1. The molecule has 0 saturated heterocycles. The molecular weight excluding hydrogens is 150 g/mol. The van der Waals surface area contributed by atoms with Crippen molar-refractivity contribution in [3.63, 3.8) is 0 Å². The third kappa shape index (κ3) is 1.77. The number of aryl methyl sites for hydroxylation is 1. The van der Waals surface area contributed by atoms with Gasteiger partial charge in [0.05, 0.1) is 5.60 Å². The molecule has 1 aromatic rings. The van der Waals surface area contributed by atoms with Crippen LogP contribution in [0.4, 0.5) is 5.69 Å². The number of hydrogen-bond donors (Lipinski definition) is 2. The fourth-order valence-electron chi connectivity index (χ4n) is 1.24. The van der Waals surface area contributed by atoms with Crippen molar-refractivity contribution in [1.82, 2.24) is 0 Å². The summed E-state index contributed by atoms with van der Waals surface area (Å²) in [6.07, 6.45) is 0. The fourth-order valence-corrected chi connectivity index (χ4v) is 1.24. The third-order valence-corrected chi connectivity index (χ3v) is 1.87. The number of anilines is 1. The SMILES string of the molecule is Cc1ccc(C(C)(C)O)c(N)c1. The first-order valence-electron chi connectivity index (χ1n) is 4.00. The molecule has 0 unspecified atom stereocenters. The maximum absolute atomic E-state index is 9.68. The summed E-state index contributed by atoms with van der Waals surface area (Å²) < 4.78 is 0. The fraction of sp³-hybridized carbons (Fsp3) is 0.400. The molecule has 12 heavy (non-hydrogen) atoms. The Kier molecular flexibility index (Phi) is 2.11. The van der Waals surface area contributed by atoms with Gasteiger partial charge in [-0.1, -0.05) is 12.1 Å². The van der Waals surface area contributed by atoms with E-state index >= 15 is 0 Å². The van der Waals surface area contributed by atoms with Crippen molar-refractivity contribution in [2.75, 3.05) is 5.73 Å². The van der Waals surface area contributed by atoms with Crippen LogP contribution in [0.25, 0.3) is 0 Å². The molecule has 0 aliphatic rings. The molecule has 0 amide bonds. The molecule has 1 rings (SSSR count). The van der Waals surface area contributed by atoms with Crippen molar-refractivity contribution in [3.05, 3.63) is 29.3 Å². The molecule has 0 aliphatic heterocycles. The molecule has 0 aliphatic carbocycles. The predicted octanol–water partition coefficient (Wildman–Crippen LogP) is 1.80. The van der Waals surface area contributed by atoms with Crippen molar-refractivity contribution in [2.24, 2.45) is 0 Å². The standard InChI is InChI=1S/C10H15NO/c1-7-4-5-8(9(11)6-7)10(2,3)12/h4-6,12H,11H2,1-3H3. The third-order valence-electron chi connectivity index (χ3n) is 1.87. The van der Waals surface area contributed by atoms with Gasteiger partial charge in [-0.3, -0.25) is 0 Å². The first-order chi connectivity index (χ1) is 5.41. The van der Waals surface area contributed by atoms with E-state index in [1.54, 1.807) is 13.8 Å². The van der Waals surface area contributed by atoms with Crippen molar-refractivity contribution < 1.29 is 5.11 Å². The summed E-state index contributed by atoms with van der Waals surface area (Å²) >= 11 is 0. The molecule has 0 fully saturated rings. The summed E-state index contributed by atoms with van der Waals surface area (Å²) in [6, 6.07) is 5.68. The zero-order valence-corrected chi connectivity index (χ0v) is 7.76.